The number of hydrogen-bond donors (Lipinski definition) is 0. The maximum atomic E-state index is 6.21. The summed E-state index contributed by atoms with van der Waals surface area (Å²) in [4.78, 5) is 0. The number of aryl methyl sites for hydroxylation is 1. The molecule has 2 aromatic rings. The van der Waals surface area contributed by atoms with Gasteiger partial charge in [-0.25, -0.2) is 0 Å². The minimum atomic E-state index is 0.817. The molecule has 0 aliphatic carbocycles. The van der Waals surface area contributed by atoms with Crippen molar-refractivity contribution in [3.8, 4) is 11.1 Å². The van der Waals surface area contributed by atoms with Gasteiger partial charge >= 0.3 is 0 Å². The van der Waals surface area contributed by atoms with Gasteiger partial charge in [0.15, 0.2) is 0 Å². The molecular formula is C13H10ClI. The Bertz CT molecular complexity index is 471. The van der Waals surface area contributed by atoms with Crippen molar-refractivity contribution in [2.24, 2.45) is 0 Å². The fraction of sp³-hybridized carbons (Fsp3) is 0.0769. The molecule has 15 heavy (non-hydrogen) atoms. The molecule has 0 bridgehead atoms. The molecule has 0 fully saturated rings. The Kier molecular flexibility index (Phi) is 3.32. The molecule has 0 aliphatic rings. The number of hydrogen-bond acceptors (Lipinski definition) is 0. The van der Waals surface area contributed by atoms with Gasteiger partial charge in [0, 0.05) is 14.2 Å². The van der Waals surface area contributed by atoms with Crippen LogP contribution >= 0.6 is 34.2 Å². The molecule has 2 aromatic carbocycles. The van der Waals surface area contributed by atoms with Gasteiger partial charge in [-0.15, -0.1) is 0 Å². The zero-order valence-electron chi connectivity index (χ0n) is 8.30. The zero-order chi connectivity index (χ0) is 10.8. The van der Waals surface area contributed by atoms with Crippen LogP contribution in [0.2, 0.25) is 5.02 Å². The van der Waals surface area contributed by atoms with Gasteiger partial charge in [0.1, 0.15) is 0 Å². The van der Waals surface area contributed by atoms with E-state index < -0.39 is 0 Å². The molecule has 76 valence electrons. The van der Waals surface area contributed by atoms with Crippen LogP contribution in [-0.2, 0) is 0 Å². The molecule has 0 radical (unpaired) electrons. The summed E-state index contributed by atoms with van der Waals surface area (Å²) in [5, 5.41) is 0.817. The molecule has 0 unspecified atom stereocenters. The summed E-state index contributed by atoms with van der Waals surface area (Å²) in [6.45, 7) is 2.08. The van der Waals surface area contributed by atoms with E-state index in [-0.39, 0.29) is 0 Å². The largest absolute Gasteiger partial charge is 0.0837 e. The lowest BCUT2D eigenvalue weighted by atomic mass is 10.0. The molecule has 0 saturated heterocycles. The molecule has 0 spiro atoms. The average Bonchev–Trinajstić information content (AvgIpc) is 2.17. The molecule has 0 atom stereocenters. The Morgan fingerprint density at radius 3 is 2.47 bits per heavy atom. The lowest BCUT2D eigenvalue weighted by Gasteiger charge is -2.08. The second kappa shape index (κ2) is 4.54. The number of rotatable bonds is 1. The highest BCUT2D eigenvalue weighted by Gasteiger charge is 2.06. The predicted molar refractivity (Wildman–Crippen MR) is 74.3 cm³/mol. The van der Waals surface area contributed by atoms with E-state index in [0.29, 0.717) is 0 Å². The van der Waals surface area contributed by atoms with E-state index in [9.17, 15) is 0 Å². The second-order valence-corrected chi connectivity index (χ2v) is 5.09. The fourth-order valence-electron chi connectivity index (χ4n) is 1.64. The quantitative estimate of drug-likeness (QED) is 0.652. The Labute approximate surface area is 108 Å². The summed E-state index contributed by atoms with van der Waals surface area (Å²) in [5.74, 6) is 0. The van der Waals surface area contributed by atoms with Crippen LogP contribution < -0.4 is 0 Å². The third-order valence-corrected chi connectivity index (χ3v) is 3.32. The summed E-state index contributed by atoms with van der Waals surface area (Å²) in [6, 6.07) is 14.4. The summed E-state index contributed by atoms with van der Waals surface area (Å²) >= 11 is 8.53. The standard InChI is InChI=1S/C13H10ClI/c1-9-4-2-7-12(14)13(9)10-5-3-6-11(15)8-10/h2-8H,1H3. The van der Waals surface area contributed by atoms with E-state index in [1.165, 1.54) is 14.7 Å². The van der Waals surface area contributed by atoms with E-state index in [4.69, 9.17) is 11.6 Å². The van der Waals surface area contributed by atoms with Gasteiger partial charge in [0.05, 0.1) is 0 Å². The molecule has 2 heteroatoms. The van der Waals surface area contributed by atoms with Crippen LogP contribution in [0, 0.1) is 10.5 Å². The minimum Gasteiger partial charge on any atom is -0.0837 e. The van der Waals surface area contributed by atoms with Crippen molar-refractivity contribution >= 4 is 34.2 Å². The molecule has 0 N–H and O–H groups in total. The first kappa shape index (κ1) is 11.0. The summed E-state index contributed by atoms with van der Waals surface area (Å²) in [6.07, 6.45) is 0. The lowest BCUT2D eigenvalue weighted by molar-refractivity contribution is 1.45. The molecule has 0 saturated carbocycles. The highest BCUT2D eigenvalue weighted by atomic mass is 127. The van der Waals surface area contributed by atoms with E-state index in [2.05, 4.69) is 59.8 Å². The first-order chi connectivity index (χ1) is 7.18. The molecule has 0 aromatic heterocycles. The van der Waals surface area contributed by atoms with Crippen LogP contribution in [0.4, 0.5) is 0 Å². The Hall–Kier alpha value is -0.540. The van der Waals surface area contributed by atoms with E-state index >= 15 is 0 Å². The van der Waals surface area contributed by atoms with Gasteiger partial charge in [-0.2, -0.15) is 0 Å². The van der Waals surface area contributed by atoms with Crippen LogP contribution in [-0.4, -0.2) is 0 Å². The Morgan fingerprint density at radius 2 is 1.80 bits per heavy atom. The molecule has 0 amide bonds. The summed E-state index contributed by atoms with van der Waals surface area (Å²) < 4.78 is 1.23. The average molecular weight is 329 g/mol. The SMILES string of the molecule is Cc1cccc(Cl)c1-c1cccc(I)c1. The molecular weight excluding hydrogens is 318 g/mol. The van der Waals surface area contributed by atoms with Crippen LogP contribution in [0.1, 0.15) is 5.56 Å². The Balaban J connectivity index is 2.63. The summed E-state index contributed by atoms with van der Waals surface area (Å²) in [7, 11) is 0. The van der Waals surface area contributed by atoms with Gasteiger partial charge in [0.25, 0.3) is 0 Å². The third-order valence-electron chi connectivity index (χ3n) is 2.34. The van der Waals surface area contributed by atoms with E-state index in [1.807, 2.05) is 12.1 Å². The van der Waals surface area contributed by atoms with Crippen LogP contribution in [0.3, 0.4) is 0 Å². The highest BCUT2D eigenvalue weighted by molar-refractivity contribution is 14.1. The monoisotopic (exact) mass is 328 g/mol. The smallest absolute Gasteiger partial charge is 0.0487 e. The van der Waals surface area contributed by atoms with Gasteiger partial charge in [0.2, 0.25) is 0 Å². The molecule has 0 aliphatic heterocycles. The number of halogens is 2. The first-order valence-corrected chi connectivity index (χ1v) is 6.15. The minimum absolute atomic E-state index is 0.817. The predicted octanol–water partition coefficient (Wildman–Crippen LogP) is 4.92. The van der Waals surface area contributed by atoms with E-state index in [1.54, 1.807) is 0 Å². The molecule has 2 rings (SSSR count). The van der Waals surface area contributed by atoms with Crippen molar-refractivity contribution in [1.82, 2.24) is 0 Å². The topological polar surface area (TPSA) is 0 Å². The second-order valence-electron chi connectivity index (χ2n) is 3.44. The number of benzene rings is 2. The first-order valence-electron chi connectivity index (χ1n) is 4.69. The van der Waals surface area contributed by atoms with Gasteiger partial charge in [-0.3, -0.25) is 0 Å². The lowest BCUT2D eigenvalue weighted by Crippen LogP contribution is -1.85. The highest BCUT2D eigenvalue weighted by Crippen LogP contribution is 2.31. The van der Waals surface area contributed by atoms with Crippen molar-refractivity contribution in [3.63, 3.8) is 0 Å². The Morgan fingerprint density at radius 1 is 1.07 bits per heavy atom. The normalized spacial score (nSPS) is 10.3. The van der Waals surface area contributed by atoms with Crippen molar-refractivity contribution in [1.29, 1.82) is 0 Å². The third kappa shape index (κ3) is 2.34. The fourth-order valence-corrected chi connectivity index (χ4v) is 2.52. The van der Waals surface area contributed by atoms with Gasteiger partial charge in [-0.1, -0.05) is 35.9 Å². The zero-order valence-corrected chi connectivity index (χ0v) is 11.2. The van der Waals surface area contributed by atoms with Crippen LogP contribution in [0.25, 0.3) is 11.1 Å². The van der Waals surface area contributed by atoms with Crippen LogP contribution in [0.15, 0.2) is 42.5 Å². The van der Waals surface area contributed by atoms with Gasteiger partial charge < -0.3 is 0 Å². The van der Waals surface area contributed by atoms with Crippen LogP contribution in [0.5, 0.6) is 0 Å². The van der Waals surface area contributed by atoms with Gasteiger partial charge in [-0.05, 0) is 58.8 Å². The summed E-state index contributed by atoms with van der Waals surface area (Å²) in [5.41, 5.74) is 3.53. The maximum Gasteiger partial charge on any atom is 0.0487 e. The maximum absolute atomic E-state index is 6.21. The van der Waals surface area contributed by atoms with Crippen molar-refractivity contribution in [3.05, 3.63) is 56.6 Å². The van der Waals surface area contributed by atoms with Crippen molar-refractivity contribution in [2.45, 2.75) is 6.92 Å². The molecule has 0 nitrogen and oxygen atoms in total. The molecule has 0 heterocycles. The van der Waals surface area contributed by atoms with Crippen molar-refractivity contribution < 1.29 is 0 Å². The van der Waals surface area contributed by atoms with E-state index in [0.717, 1.165) is 10.6 Å². The van der Waals surface area contributed by atoms with Crippen molar-refractivity contribution in [2.75, 3.05) is 0 Å².